The first kappa shape index (κ1) is 14.4. The number of rotatable bonds is 5. The molecule has 6 heteroatoms. The zero-order chi connectivity index (χ0) is 13.9. The summed E-state index contributed by atoms with van der Waals surface area (Å²) in [6.07, 6.45) is 8.70. The van der Waals surface area contributed by atoms with E-state index in [0.29, 0.717) is 11.7 Å². The lowest BCUT2D eigenvalue weighted by Gasteiger charge is -2.23. The van der Waals surface area contributed by atoms with E-state index >= 15 is 0 Å². The Hall–Kier alpha value is -1.04. The molecule has 0 saturated heterocycles. The smallest absolute Gasteiger partial charge is 0.236 e. The molecule has 1 fully saturated rings. The minimum Gasteiger partial charge on any atom is -0.274 e. The van der Waals surface area contributed by atoms with Crippen molar-refractivity contribution in [3.63, 3.8) is 0 Å². The summed E-state index contributed by atoms with van der Waals surface area (Å²) >= 11 is 0. The molecular weight excluding hydrogens is 262 g/mol. The maximum atomic E-state index is 12.3. The molecule has 0 atom stereocenters. The van der Waals surface area contributed by atoms with E-state index in [4.69, 9.17) is 0 Å². The van der Waals surface area contributed by atoms with E-state index in [1.165, 1.54) is 36.4 Å². The minimum atomic E-state index is -3.24. The Labute approximate surface area is 115 Å². The SMILES string of the molecule is CN(c1ccn(C)n1)S(=O)(=O)CCC1CCCCC1. The lowest BCUT2D eigenvalue weighted by molar-refractivity contribution is 0.350. The minimum absolute atomic E-state index is 0.227. The van der Waals surface area contributed by atoms with E-state index in [-0.39, 0.29) is 5.75 Å². The largest absolute Gasteiger partial charge is 0.274 e. The van der Waals surface area contributed by atoms with Crippen molar-refractivity contribution in [1.29, 1.82) is 0 Å². The standard InChI is InChI=1S/C13H23N3O2S/c1-15-10-8-13(14-15)16(2)19(17,18)11-9-12-6-4-3-5-7-12/h8,10,12H,3-7,9,11H2,1-2H3. The van der Waals surface area contributed by atoms with Crippen LogP contribution in [0.2, 0.25) is 0 Å². The second-order valence-corrected chi connectivity index (χ2v) is 7.54. The fourth-order valence-corrected chi connectivity index (χ4v) is 3.93. The second-order valence-electron chi connectivity index (χ2n) is 5.42. The molecule has 5 nitrogen and oxygen atoms in total. The number of sulfonamides is 1. The number of aryl methyl sites for hydroxylation is 1. The van der Waals surface area contributed by atoms with Crippen molar-refractivity contribution in [2.45, 2.75) is 38.5 Å². The topological polar surface area (TPSA) is 55.2 Å². The fourth-order valence-electron chi connectivity index (χ4n) is 2.64. The highest BCUT2D eigenvalue weighted by Crippen LogP contribution is 2.27. The molecule has 0 bridgehead atoms. The molecule has 1 saturated carbocycles. The van der Waals surface area contributed by atoms with Crippen molar-refractivity contribution in [3.8, 4) is 0 Å². The Morgan fingerprint density at radius 2 is 2.05 bits per heavy atom. The molecule has 0 radical (unpaired) electrons. The van der Waals surface area contributed by atoms with Gasteiger partial charge in [-0.05, 0) is 12.3 Å². The molecular formula is C13H23N3O2S. The molecule has 1 aromatic heterocycles. The van der Waals surface area contributed by atoms with E-state index in [1.807, 2.05) is 0 Å². The summed E-state index contributed by atoms with van der Waals surface area (Å²) in [7, 11) is 0.124. The average Bonchev–Trinajstić information content (AvgIpc) is 2.83. The third-order valence-electron chi connectivity index (χ3n) is 3.95. The van der Waals surface area contributed by atoms with Gasteiger partial charge in [-0.25, -0.2) is 8.42 Å². The maximum Gasteiger partial charge on any atom is 0.236 e. The van der Waals surface area contributed by atoms with Crippen LogP contribution in [-0.4, -0.2) is 31.0 Å². The van der Waals surface area contributed by atoms with Crippen LogP contribution >= 0.6 is 0 Å². The van der Waals surface area contributed by atoms with Crippen LogP contribution in [0.15, 0.2) is 12.3 Å². The lowest BCUT2D eigenvalue weighted by atomic mass is 9.88. The highest BCUT2D eigenvalue weighted by molar-refractivity contribution is 7.92. The molecule has 0 amide bonds. The lowest BCUT2D eigenvalue weighted by Crippen LogP contribution is -2.30. The van der Waals surface area contributed by atoms with Gasteiger partial charge in [0.15, 0.2) is 5.82 Å². The van der Waals surface area contributed by atoms with Gasteiger partial charge in [0.2, 0.25) is 10.0 Å². The van der Waals surface area contributed by atoms with Crippen molar-refractivity contribution in [3.05, 3.63) is 12.3 Å². The van der Waals surface area contributed by atoms with Crippen molar-refractivity contribution in [2.24, 2.45) is 13.0 Å². The second kappa shape index (κ2) is 5.94. The number of anilines is 1. The summed E-state index contributed by atoms with van der Waals surface area (Å²) < 4.78 is 27.4. The van der Waals surface area contributed by atoms with Gasteiger partial charge in [-0.2, -0.15) is 5.10 Å². The van der Waals surface area contributed by atoms with Crippen LogP contribution in [0.4, 0.5) is 5.82 Å². The molecule has 0 aliphatic heterocycles. The number of hydrogen-bond acceptors (Lipinski definition) is 3. The van der Waals surface area contributed by atoms with Crippen molar-refractivity contribution in [1.82, 2.24) is 9.78 Å². The maximum absolute atomic E-state index is 12.3. The summed E-state index contributed by atoms with van der Waals surface area (Å²) in [5.74, 6) is 1.30. The summed E-state index contributed by atoms with van der Waals surface area (Å²) in [5.41, 5.74) is 0. The Kier molecular flexibility index (Phi) is 4.50. The first-order valence-corrected chi connectivity index (χ1v) is 8.56. The van der Waals surface area contributed by atoms with Gasteiger partial charge in [-0.15, -0.1) is 0 Å². The molecule has 1 aromatic rings. The van der Waals surface area contributed by atoms with E-state index in [0.717, 1.165) is 6.42 Å². The first-order chi connectivity index (χ1) is 8.99. The van der Waals surface area contributed by atoms with E-state index in [2.05, 4.69) is 5.10 Å². The van der Waals surface area contributed by atoms with E-state index < -0.39 is 10.0 Å². The van der Waals surface area contributed by atoms with E-state index in [9.17, 15) is 8.42 Å². The predicted octanol–water partition coefficient (Wildman–Crippen LogP) is 2.16. The van der Waals surface area contributed by atoms with Gasteiger partial charge in [-0.3, -0.25) is 8.99 Å². The van der Waals surface area contributed by atoms with Gasteiger partial charge in [0.05, 0.1) is 5.75 Å². The Bertz CT molecular complexity index is 504. The quantitative estimate of drug-likeness (QED) is 0.833. The van der Waals surface area contributed by atoms with Gasteiger partial charge in [-0.1, -0.05) is 32.1 Å². The van der Waals surface area contributed by atoms with Crippen LogP contribution < -0.4 is 4.31 Å². The molecule has 1 aliphatic carbocycles. The van der Waals surface area contributed by atoms with Gasteiger partial charge in [0, 0.05) is 26.4 Å². The molecule has 19 heavy (non-hydrogen) atoms. The number of nitrogens with zero attached hydrogens (tertiary/aromatic N) is 3. The normalized spacial score (nSPS) is 17.6. The van der Waals surface area contributed by atoms with Crippen LogP contribution in [0.3, 0.4) is 0 Å². The molecule has 108 valence electrons. The third-order valence-corrected chi connectivity index (χ3v) is 5.72. The third kappa shape index (κ3) is 3.72. The zero-order valence-electron chi connectivity index (χ0n) is 11.7. The first-order valence-electron chi connectivity index (χ1n) is 6.95. The van der Waals surface area contributed by atoms with Gasteiger partial charge in [0.1, 0.15) is 0 Å². The number of hydrogen-bond donors (Lipinski definition) is 0. The van der Waals surface area contributed by atoms with Crippen LogP contribution in [0.5, 0.6) is 0 Å². The molecule has 0 spiro atoms. The summed E-state index contributed by atoms with van der Waals surface area (Å²) in [6, 6.07) is 1.72. The summed E-state index contributed by atoms with van der Waals surface area (Å²) in [4.78, 5) is 0. The molecule has 0 unspecified atom stereocenters. The van der Waals surface area contributed by atoms with Gasteiger partial charge in [0.25, 0.3) is 0 Å². The Morgan fingerprint density at radius 1 is 1.37 bits per heavy atom. The molecule has 1 aliphatic rings. The van der Waals surface area contributed by atoms with Crippen molar-refractivity contribution in [2.75, 3.05) is 17.1 Å². The predicted molar refractivity (Wildman–Crippen MR) is 76.6 cm³/mol. The summed E-state index contributed by atoms with van der Waals surface area (Å²) in [6.45, 7) is 0. The molecule has 2 rings (SSSR count). The van der Waals surface area contributed by atoms with Crippen LogP contribution in [0, 0.1) is 5.92 Å². The molecule has 0 aromatic carbocycles. The highest BCUT2D eigenvalue weighted by atomic mass is 32.2. The van der Waals surface area contributed by atoms with Gasteiger partial charge >= 0.3 is 0 Å². The van der Waals surface area contributed by atoms with Crippen LogP contribution in [-0.2, 0) is 17.1 Å². The Balaban J connectivity index is 1.93. The van der Waals surface area contributed by atoms with Crippen molar-refractivity contribution < 1.29 is 8.42 Å². The fraction of sp³-hybridized carbons (Fsp3) is 0.769. The molecule has 1 heterocycles. The van der Waals surface area contributed by atoms with E-state index in [1.54, 1.807) is 31.0 Å². The van der Waals surface area contributed by atoms with Gasteiger partial charge < -0.3 is 0 Å². The van der Waals surface area contributed by atoms with Crippen LogP contribution in [0.1, 0.15) is 38.5 Å². The highest BCUT2D eigenvalue weighted by Gasteiger charge is 2.23. The Morgan fingerprint density at radius 3 is 2.63 bits per heavy atom. The summed E-state index contributed by atoms with van der Waals surface area (Å²) in [5, 5.41) is 4.14. The average molecular weight is 285 g/mol. The zero-order valence-corrected chi connectivity index (χ0v) is 12.6. The van der Waals surface area contributed by atoms with Crippen LogP contribution in [0.25, 0.3) is 0 Å². The number of aromatic nitrogens is 2. The molecule has 0 N–H and O–H groups in total. The monoisotopic (exact) mass is 285 g/mol. The van der Waals surface area contributed by atoms with Crippen molar-refractivity contribution >= 4 is 15.8 Å².